The molecule has 0 heterocycles. The average Bonchev–Trinajstić information content (AvgIpc) is 2.05. The van der Waals surface area contributed by atoms with Crippen LogP contribution in [0.5, 0.6) is 0 Å². The summed E-state index contributed by atoms with van der Waals surface area (Å²) < 4.78 is 0. The summed E-state index contributed by atoms with van der Waals surface area (Å²) in [6.45, 7) is 7.65. The second-order valence-corrected chi connectivity index (χ2v) is 4.43. The molecule has 0 aliphatic rings. The van der Waals surface area contributed by atoms with Crippen LogP contribution in [0.1, 0.15) is 40.5 Å². The fourth-order valence-corrected chi connectivity index (χ4v) is 1.72. The lowest BCUT2D eigenvalue weighted by molar-refractivity contribution is -0.122. The molecule has 14 heavy (non-hydrogen) atoms. The van der Waals surface area contributed by atoms with Crippen LogP contribution in [-0.2, 0) is 4.79 Å². The van der Waals surface area contributed by atoms with E-state index < -0.39 is 5.54 Å². The Morgan fingerprint density at radius 1 is 1.43 bits per heavy atom. The first-order valence-corrected chi connectivity index (χ1v) is 5.37. The van der Waals surface area contributed by atoms with Gasteiger partial charge in [0.05, 0.1) is 4.99 Å². The minimum atomic E-state index is -0.750. The molecular formula is C10H20N2OS. The second kappa shape index (κ2) is 5.29. The topological polar surface area (TPSA) is 55.1 Å². The molecule has 0 fully saturated rings. The third-order valence-electron chi connectivity index (χ3n) is 2.41. The van der Waals surface area contributed by atoms with E-state index in [1.807, 2.05) is 0 Å². The summed E-state index contributed by atoms with van der Waals surface area (Å²) in [5.41, 5.74) is 4.49. The first-order valence-electron chi connectivity index (χ1n) is 4.97. The van der Waals surface area contributed by atoms with Crippen molar-refractivity contribution in [2.75, 3.05) is 0 Å². The molecule has 1 amide bonds. The molecule has 0 atom stereocenters. The summed E-state index contributed by atoms with van der Waals surface area (Å²) in [6, 6.07) is 0. The lowest BCUT2D eigenvalue weighted by Crippen LogP contribution is -2.53. The van der Waals surface area contributed by atoms with Crippen molar-refractivity contribution in [3.05, 3.63) is 0 Å². The highest BCUT2D eigenvalue weighted by Crippen LogP contribution is 2.11. The number of hydrogen-bond donors (Lipinski definition) is 2. The minimum absolute atomic E-state index is 0.337. The molecule has 0 aromatic heterocycles. The van der Waals surface area contributed by atoms with Crippen LogP contribution in [0, 0.1) is 5.92 Å². The molecular weight excluding hydrogens is 196 g/mol. The molecule has 0 aromatic carbocycles. The van der Waals surface area contributed by atoms with Crippen LogP contribution in [0.4, 0.5) is 0 Å². The van der Waals surface area contributed by atoms with Gasteiger partial charge in [-0.3, -0.25) is 4.79 Å². The molecule has 3 N–H and O–H groups in total. The van der Waals surface area contributed by atoms with Crippen LogP contribution in [0.25, 0.3) is 0 Å². The molecule has 0 saturated carbocycles. The zero-order valence-electron chi connectivity index (χ0n) is 9.39. The van der Waals surface area contributed by atoms with Crippen molar-refractivity contribution in [1.82, 2.24) is 5.32 Å². The van der Waals surface area contributed by atoms with Crippen molar-refractivity contribution in [2.45, 2.75) is 46.1 Å². The number of nitrogens with two attached hydrogens (primary N) is 1. The zero-order valence-corrected chi connectivity index (χ0v) is 10.2. The molecule has 82 valence electrons. The maximum Gasteiger partial charge on any atom is 0.242 e. The molecule has 0 saturated heterocycles. The van der Waals surface area contributed by atoms with E-state index in [4.69, 9.17) is 18.0 Å². The van der Waals surface area contributed by atoms with Gasteiger partial charge in [-0.05, 0) is 26.7 Å². The molecule has 0 unspecified atom stereocenters. The van der Waals surface area contributed by atoms with Crippen LogP contribution in [-0.4, -0.2) is 16.4 Å². The average molecular weight is 216 g/mol. The molecule has 0 aromatic rings. The van der Waals surface area contributed by atoms with E-state index in [9.17, 15) is 4.79 Å². The van der Waals surface area contributed by atoms with Gasteiger partial charge >= 0.3 is 0 Å². The molecule has 0 aliphatic heterocycles. The van der Waals surface area contributed by atoms with Gasteiger partial charge in [-0.1, -0.05) is 26.1 Å². The first-order chi connectivity index (χ1) is 6.35. The summed E-state index contributed by atoms with van der Waals surface area (Å²) in [6.07, 6.45) is 1.97. The van der Waals surface area contributed by atoms with Crippen LogP contribution in [0.3, 0.4) is 0 Å². The van der Waals surface area contributed by atoms with Crippen molar-refractivity contribution in [1.29, 1.82) is 0 Å². The second-order valence-electron chi connectivity index (χ2n) is 3.99. The summed E-state index contributed by atoms with van der Waals surface area (Å²) in [5.74, 6) is -0.0468. The predicted molar refractivity (Wildman–Crippen MR) is 63.1 cm³/mol. The van der Waals surface area contributed by atoms with E-state index in [1.54, 1.807) is 13.8 Å². The molecule has 0 bridgehead atoms. The summed E-state index contributed by atoms with van der Waals surface area (Å²) in [7, 11) is 0. The van der Waals surface area contributed by atoms with Gasteiger partial charge in [0, 0.05) is 5.92 Å². The number of rotatable bonds is 5. The van der Waals surface area contributed by atoms with Gasteiger partial charge in [0.2, 0.25) is 5.91 Å². The summed E-state index contributed by atoms with van der Waals surface area (Å²) in [4.78, 5) is 11.8. The van der Waals surface area contributed by atoms with Crippen LogP contribution >= 0.6 is 12.2 Å². The number of carbonyl (C=O) groups excluding carboxylic acids is 1. The number of hydrogen-bond acceptors (Lipinski definition) is 2. The Bertz CT molecular complexity index is 222. The van der Waals surface area contributed by atoms with Gasteiger partial charge in [0.1, 0.15) is 5.54 Å². The Hall–Kier alpha value is -0.640. The number of amides is 1. The van der Waals surface area contributed by atoms with Crippen molar-refractivity contribution in [3.63, 3.8) is 0 Å². The largest absolute Gasteiger partial charge is 0.368 e. The fourth-order valence-electron chi connectivity index (χ4n) is 1.13. The first kappa shape index (κ1) is 13.4. The standard InChI is InChI=1S/C10H20N2OS/c1-5-7(6-2)8(14)12-10(3,4)9(11)13/h7H,5-6H2,1-4H3,(H2,11,13)(H,12,14). The van der Waals surface area contributed by atoms with E-state index in [1.165, 1.54) is 0 Å². The summed E-state index contributed by atoms with van der Waals surface area (Å²) in [5, 5.41) is 3.01. The van der Waals surface area contributed by atoms with E-state index in [2.05, 4.69) is 19.2 Å². The van der Waals surface area contributed by atoms with E-state index in [-0.39, 0.29) is 5.91 Å². The van der Waals surface area contributed by atoms with Gasteiger partial charge in [0.15, 0.2) is 0 Å². The summed E-state index contributed by atoms with van der Waals surface area (Å²) >= 11 is 5.22. The van der Waals surface area contributed by atoms with E-state index in [0.29, 0.717) is 5.92 Å². The maximum atomic E-state index is 11.1. The number of primary amides is 1. The van der Waals surface area contributed by atoms with Gasteiger partial charge in [-0.25, -0.2) is 0 Å². The third kappa shape index (κ3) is 3.62. The number of nitrogens with one attached hydrogen (secondary N) is 1. The van der Waals surface area contributed by atoms with Crippen LogP contribution in [0.2, 0.25) is 0 Å². The minimum Gasteiger partial charge on any atom is -0.368 e. The molecule has 0 radical (unpaired) electrons. The highest BCUT2D eigenvalue weighted by atomic mass is 32.1. The van der Waals surface area contributed by atoms with E-state index in [0.717, 1.165) is 17.8 Å². The van der Waals surface area contributed by atoms with Crippen LogP contribution in [0.15, 0.2) is 0 Å². The Morgan fingerprint density at radius 3 is 2.14 bits per heavy atom. The molecule has 4 heteroatoms. The molecule has 0 spiro atoms. The number of carbonyl (C=O) groups is 1. The Balaban J connectivity index is 4.38. The fraction of sp³-hybridized carbons (Fsp3) is 0.800. The van der Waals surface area contributed by atoms with Crippen molar-refractivity contribution in [3.8, 4) is 0 Å². The van der Waals surface area contributed by atoms with Crippen molar-refractivity contribution in [2.24, 2.45) is 11.7 Å². The third-order valence-corrected chi connectivity index (χ3v) is 2.84. The van der Waals surface area contributed by atoms with Gasteiger partial charge < -0.3 is 11.1 Å². The van der Waals surface area contributed by atoms with Crippen molar-refractivity contribution >= 4 is 23.1 Å². The Labute approximate surface area is 91.4 Å². The Morgan fingerprint density at radius 2 is 1.86 bits per heavy atom. The highest BCUT2D eigenvalue weighted by molar-refractivity contribution is 7.80. The van der Waals surface area contributed by atoms with Gasteiger partial charge in [0.25, 0.3) is 0 Å². The lowest BCUT2D eigenvalue weighted by atomic mass is 9.99. The van der Waals surface area contributed by atoms with Crippen LogP contribution < -0.4 is 11.1 Å². The van der Waals surface area contributed by atoms with E-state index >= 15 is 0 Å². The quantitative estimate of drug-likeness (QED) is 0.686. The normalized spacial score (nSPS) is 11.5. The van der Waals surface area contributed by atoms with Gasteiger partial charge in [-0.2, -0.15) is 0 Å². The smallest absolute Gasteiger partial charge is 0.242 e. The predicted octanol–water partition coefficient (Wildman–Crippen LogP) is 1.60. The Kier molecular flexibility index (Phi) is 5.05. The molecule has 0 rings (SSSR count). The highest BCUT2D eigenvalue weighted by Gasteiger charge is 2.26. The van der Waals surface area contributed by atoms with Crippen molar-refractivity contribution < 1.29 is 4.79 Å². The number of thiocarbonyl (C=S) groups is 1. The SMILES string of the molecule is CCC(CC)C(=S)NC(C)(C)C(N)=O. The molecule has 0 aliphatic carbocycles. The molecule has 3 nitrogen and oxygen atoms in total. The zero-order chi connectivity index (χ0) is 11.4. The monoisotopic (exact) mass is 216 g/mol. The lowest BCUT2D eigenvalue weighted by Gasteiger charge is -2.27. The van der Waals surface area contributed by atoms with Gasteiger partial charge in [-0.15, -0.1) is 0 Å². The maximum absolute atomic E-state index is 11.1.